The number of hydrogen-bond donors (Lipinski definition) is 1. The molecule has 1 aromatic carbocycles. The van der Waals surface area contributed by atoms with Crippen molar-refractivity contribution < 1.29 is 17.9 Å². The molecular formula is C15H20N2O4S2. The van der Waals surface area contributed by atoms with E-state index >= 15 is 0 Å². The molecule has 1 heterocycles. The molecule has 0 fully saturated rings. The van der Waals surface area contributed by atoms with Crippen molar-refractivity contribution in [3.05, 3.63) is 18.2 Å². The van der Waals surface area contributed by atoms with Crippen LogP contribution in [0.15, 0.2) is 18.2 Å². The molecule has 1 unspecified atom stereocenters. The van der Waals surface area contributed by atoms with E-state index in [1.165, 1.54) is 18.3 Å². The summed E-state index contributed by atoms with van der Waals surface area (Å²) in [7, 11) is -3.43. The molecule has 1 N–H and O–H groups in total. The molecular weight excluding hydrogens is 336 g/mol. The number of amides is 1. The first-order chi connectivity index (χ1) is 10.9. The first-order valence-corrected chi connectivity index (χ1v) is 9.96. The number of nitrogens with one attached hydrogen (secondary N) is 1. The van der Waals surface area contributed by atoms with Gasteiger partial charge >= 0.3 is 0 Å². The van der Waals surface area contributed by atoms with Crippen LogP contribution in [0.1, 0.15) is 27.2 Å². The smallest absolute Gasteiger partial charge is 0.244 e. The standard InChI is InChI=1S/C15H20N2O4S2/c1-4-8-23(19,20)10(3)14(18)17-15-16-12-7-6-11(21-5-2)9-13(12)22-15/h6-7,9-10H,4-5,8H2,1-3H3,(H,16,17,18). The second-order valence-electron chi connectivity index (χ2n) is 5.08. The van der Waals surface area contributed by atoms with Crippen molar-refractivity contribution in [2.75, 3.05) is 17.7 Å². The molecule has 0 spiro atoms. The van der Waals surface area contributed by atoms with Crippen molar-refractivity contribution in [3.8, 4) is 5.75 Å². The highest BCUT2D eigenvalue weighted by Crippen LogP contribution is 2.29. The number of aromatic nitrogens is 1. The molecule has 0 aliphatic heterocycles. The fourth-order valence-corrected chi connectivity index (χ4v) is 4.25. The van der Waals surface area contributed by atoms with Crippen molar-refractivity contribution in [1.29, 1.82) is 0 Å². The van der Waals surface area contributed by atoms with E-state index in [2.05, 4.69) is 10.3 Å². The van der Waals surface area contributed by atoms with Crippen molar-refractivity contribution in [1.82, 2.24) is 4.98 Å². The van der Waals surface area contributed by atoms with Crippen LogP contribution in [-0.4, -0.2) is 36.9 Å². The van der Waals surface area contributed by atoms with Crippen molar-refractivity contribution in [2.24, 2.45) is 0 Å². The van der Waals surface area contributed by atoms with Gasteiger partial charge in [-0.2, -0.15) is 0 Å². The molecule has 126 valence electrons. The SMILES string of the molecule is CCCS(=O)(=O)C(C)C(=O)Nc1nc2ccc(OCC)cc2s1. The Morgan fingerprint density at radius 3 is 2.78 bits per heavy atom. The van der Waals surface area contributed by atoms with Gasteiger partial charge in [0.1, 0.15) is 11.0 Å². The Balaban J connectivity index is 2.16. The molecule has 0 bridgehead atoms. The van der Waals surface area contributed by atoms with Crippen LogP contribution in [0.3, 0.4) is 0 Å². The molecule has 8 heteroatoms. The van der Waals surface area contributed by atoms with E-state index in [-0.39, 0.29) is 5.75 Å². The Kier molecular flexibility index (Phi) is 5.59. The van der Waals surface area contributed by atoms with Gasteiger partial charge in [0.25, 0.3) is 0 Å². The van der Waals surface area contributed by atoms with E-state index in [1.807, 2.05) is 25.1 Å². The molecule has 1 aromatic heterocycles. The molecule has 23 heavy (non-hydrogen) atoms. The predicted molar refractivity (Wildman–Crippen MR) is 93.0 cm³/mol. The Labute approximate surface area is 139 Å². The first-order valence-electron chi connectivity index (χ1n) is 7.43. The second kappa shape index (κ2) is 7.27. The zero-order chi connectivity index (χ0) is 17.0. The van der Waals surface area contributed by atoms with Gasteiger partial charge in [0, 0.05) is 0 Å². The number of thiazole rings is 1. The van der Waals surface area contributed by atoms with Gasteiger partial charge in [0.15, 0.2) is 15.0 Å². The van der Waals surface area contributed by atoms with Gasteiger partial charge in [-0.3, -0.25) is 4.79 Å². The highest BCUT2D eigenvalue weighted by Gasteiger charge is 2.27. The monoisotopic (exact) mass is 356 g/mol. The average Bonchev–Trinajstić information content (AvgIpc) is 2.88. The molecule has 2 rings (SSSR count). The summed E-state index contributed by atoms with van der Waals surface area (Å²) in [4.78, 5) is 16.4. The van der Waals surface area contributed by atoms with E-state index in [0.29, 0.717) is 18.2 Å². The van der Waals surface area contributed by atoms with E-state index in [9.17, 15) is 13.2 Å². The van der Waals surface area contributed by atoms with E-state index in [0.717, 1.165) is 16.0 Å². The number of benzene rings is 1. The molecule has 0 aliphatic carbocycles. The zero-order valence-corrected chi connectivity index (χ0v) is 15.0. The Morgan fingerprint density at radius 1 is 1.39 bits per heavy atom. The van der Waals surface area contributed by atoms with Crippen LogP contribution in [0.2, 0.25) is 0 Å². The van der Waals surface area contributed by atoms with Crippen molar-refractivity contribution in [2.45, 2.75) is 32.4 Å². The van der Waals surface area contributed by atoms with Gasteiger partial charge in [-0.25, -0.2) is 13.4 Å². The van der Waals surface area contributed by atoms with Crippen molar-refractivity contribution in [3.63, 3.8) is 0 Å². The van der Waals surface area contributed by atoms with Crippen LogP contribution in [0.5, 0.6) is 5.75 Å². The lowest BCUT2D eigenvalue weighted by atomic mass is 10.3. The van der Waals surface area contributed by atoms with E-state index in [1.54, 1.807) is 6.92 Å². The summed E-state index contributed by atoms with van der Waals surface area (Å²) in [5.41, 5.74) is 0.734. The normalized spacial score (nSPS) is 13.0. The molecule has 0 saturated heterocycles. The number of anilines is 1. The maximum atomic E-state index is 12.1. The minimum Gasteiger partial charge on any atom is -0.494 e. The summed E-state index contributed by atoms with van der Waals surface area (Å²) in [6.07, 6.45) is 0.487. The summed E-state index contributed by atoms with van der Waals surface area (Å²) < 4.78 is 30.2. The lowest BCUT2D eigenvalue weighted by Gasteiger charge is -2.10. The number of ether oxygens (including phenoxy) is 1. The van der Waals surface area contributed by atoms with Gasteiger partial charge in [-0.1, -0.05) is 18.3 Å². The number of sulfone groups is 1. The number of carbonyl (C=O) groups is 1. The minimum absolute atomic E-state index is 0.000845. The van der Waals surface area contributed by atoms with Crippen LogP contribution in [0, 0.1) is 0 Å². The highest BCUT2D eigenvalue weighted by atomic mass is 32.2. The first kappa shape index (κ1) is 17.7. The summed E-state index contributed by atoms with van der Waals surface area (Å²) in [6.45, 7) is 5.65. The van der Waals surface area contributed by atoms with Crippen LogP contribution in [0.4, 0.5) is 5.13 Å². The van der Waals surface area contributed by atoms with Gasteiger partial charge in [-0.05, 0) is 38.5 Å². The third kappa shape index (κ3) is 4.20. The largest absolute Gasteiger partial charge is 0.494 e. The lowest BCUT2D eigenvalue weighted by Crippen LogP contribution is -2.33. The van der Waals surface area contributed by atoms with Gasteiger partial charge in [-0.15, -0.1) is 0 Å². The highest BCUT2D eigenvalue weighted by molar-refractivity contribution is 7.92. The lowest BCUT2D eigenvalue weighted by molar-refractivity contribution is -0.115. The van der Waals surface area contributed by atoms with Crippen LogP contribution < -0.4 is 10.1 Å². The summed E-state index contributed by atoms with van der Waals surface area (Å²) in [6, 6.07) is 5.47. The topological polar surface area (TPSA) is 85.4 Å². The molecule has 6 nitrogen and oxygen atoms in total. The second-order valence-corrected chi connectivity index (χ2v) is 8.55. The van der Waals surface area contributed by atoms with Crippen LogP contribution in [0.25, 0.3) is 10.2 Å². The number of hydrogen-bond acceptors (Lipinski definition) is 6. The maximum absolute atomic E-state index is 12.1. The van der Waals surface area contributed by atoms with Crippen molar-refractivity contribution >= 4 is 42.4 Å². The fraction of sp³-hybridized carbons (Fsp3) is 0.467. The van der Waals surface area contributed by atoms with E-state index in [4.69, 9.17) is 4.74 Å². The quantitative estimate of drug-likeness (QED) is 0.824. The third-order valence-corrected chi connectivity index (χ3v) is 6.50. The van der Waals surface area contributed by atoms with E-state index < -0.39 is 21.0 Å². The number of fused-ring (bicyclic) bond motifs is 1. The Morgan fingerprint density at radius 2 is 2.13 bits per heavy atom. The molecule has 0 saturated carbocycles. The number of carbonyl (C=O) groups excluding carboxylic acids is 1. The van der Waals surface area contributed by atoms with Crippen LogP contribution >= 0.6 is 11.3 Å². The fourth-order valence-electron chi connectivity index (χ4n) is 2.05. The molecule has 1 amide bonds. The maximum Gasteiger partial charge on any atom is 0.244 e. The minimum atomic E-state index is -3.43. The summed E-state index contributed by atoms with van der Waals surface area (Å²) in [5.74, 6) is 0.182. The summed E-state index contributed by atoms with van der Waals surface area (Å²) in [5, 5.41) is 1.89. The molecule has 0 radical (unpaired) electrons. The van der Waals surface area contributed by atoms with Gasteiger partial charge in [0.2, 0.25) is 5.91 Å². The van der Waals surface area contributed by atoms with Gasteiger partial charge in [0.05, 0.1) is 22.6 Å². The molecule has 0 aliphatic rings. The summed E-state index contributed by atoms with van der Waals surface area (Å²) >= 11 is 1.29. The molecule has 1 atom stereocenters. The molecule has 2 aromatic rings. The third-order valence-electron chi connectivity index (χ3n) is 3.30. The average molecular weight is 356 g/mol. The van der Waals surface area contributed by atoms with Gasteiger partial charge < -0.3 is 10.1 Å². The Bertz CT molecular complexity index is 799. The number of rotatable bonds is 7. The predicted octanol–water partition coefficient (Wildman–Crippen LogP) is 2.85. The zero-order valence-electron chi connectivity index (χ0n) is 13.3. The Hall–Kier alpha value is -1.67. The van der Waals surface area contributed by atoms with Crippen LogP contribution in [-0.2, 0) is 14.6 Å². The number of nitrogens with zero attached hydrogens (tertiary/aromatic N) is 1.